The average Bonchev–Trinajstić information content (AvgIpc) is 1.60. The lowest BCUT2D eigenvalue weighted by molar-refractivity contribution is -0.132. The fourth-order valence-electron chi connectivity index (χ4n) is 21.0. The largest absolute Gasteiger partial charge is 0.369 e. The van der Waals surface area contributed by atoms with Crippen LogP contribution in [-0.4, -0.2) is 147 Å². The summed E-state index contributed by atoms with van der Waals surface area (Å²) >= 11 is 8.27. The monoisotopic (exact) mass is 2110 g/mol. The van der Waals surface area contributed by atoms with Gasteiger partial charge in [-0.15, -0.1) is 34.0 Å². The van der Waals surface area contributed by atoms with Gasteiger partial charge in [0.15, 0.2) is 29.4 Å². The maximum atomic E-state index is 14.7. The molecule has 754 valence electrons. The number of aliphatic imine (C=N–C) groups is 5. The lowest BCUT2D eigenvalue weighted by atomic mass is 9.74. The van der Waals surface area contributed by atoms with E-state index >= 15 is 0 Å². The number of nitrogens with two attached hydrogens (primary N) is 5. The van der Waals surface area contributed by atoms with E-state index in [4.69, 9.17) is 38.7 Å². The maximum absolute atomic E-state index is 14.7. The van der Waals surface area contributed by atoms with Crippen molar-refractivity contribution < 1.29 is 55.9 Å². The number of guanidine groups is 5. The van der Waals surface area contributed by atoms with Crippen molar-refractivity contribution >= 4 is 154 Å². The minimum absolute atomic E-state index is 0.0226. The smallest absolute Gasteiger partial charge is 0.267 e. The molecule has 148 heavy (non-hydrogen) atoms. The van der Waals surface area contributed by atoms with Crippen LogP contribution < -0.4 is 43.4 Å². The zero-order valence-corrected chi connectivity index (χ0v) is 85.9. The SMILES string of the molecule is CN1C(=O)C(c2ccc(N3CCCC3=O)cc2)[C@@](C)(c2cc(-c3cccc(C#N)c3)cs2)N=C1N.CN1C(=O)[C@@H](c2ccc(N3CCCC3=O)cc2)[C@@](C)(c2ccc(F)cc2F)N=C1N.CN1C(=O)[C@H](c2ccc(N3CCCC3=O)cc2)[C@@](C)(c2ccc(F)cc2F)N=C1N.C[C@@]1(c2ccc3sccc3c2)CC(=O)N(Cc2nccs2)C(N)=N1.NC1=NC(c2ccccc2)(c2ccccc2)C(=O)N1C1CCc2cc(Br)ccc21. The molecule has 0 bridgehead atoms. The lowest BCUT2D eigenvalue weighted by Crippen LogP contribution is -2.52. The topological polar surface area (TPSA) is 391 Å². The van der Waals surface area contributed by atoms with E-state index < -0.39 is 68.7 Å². The number of nitrogens with zero attached hydrogens (tertiary/aromatic N) is 15. The number of thiazole rings is 1. The number of thiophene rings is 2. The Morgan fingerprint density at radius 2 is 0.946 bits per heavy atom. The van der Waals surface area contributed by atoms with Gasteiger partial charge in [-0.2, -0.15) is 5.26 Å². The van der Waals surface area contributed by atoms with Crippen molar-refractivity contribution in [1.82, 2.24) is 29.5 Å². The Morgan fingerprint density at radius 3 is 1.41 bits per heavy atom. The predicted molar refractivity (Wildman–Crippen MR) is 570 cm³/mol. The van der Waals surface area contributed by atoms with Crippen LogP contribution in [0.2, 0.25) is 0 Å². The number of aryl methyl sites for hydroxylation is 1. The average molecular weight is 2110 g/mol. The van der Waals surface area contributed by atoms with E-state index in [2.05, 4.69) is 77.7 Å². The molecule has 10 aromatic carbocycles. The van der Waals surface area contributed by atoms with Crippen molar-refractivity contribution in [3.8, 4) is 17.2 Å². The Balaban J connectivity index is 0.000000122. The van der Waals surface area contributed by atoms with Gasteiger partial charge >= 0.3 is 0 Å². The van der Waals surface area contributed by atoms with Crippen LogP contribution in [0.1, 0.15) is 174 Å². The highest BCUT2D eigenvalue weighted by molar-refractivity contribution is 9.10. The third kappa shape index (κ3) is 19.6. The number of amides is 8. The molecule has 1 aliphatic carbocycles. The number of anilines is 3. The number of fused-ring (bicyclic) bond motifs is 2. The number of carbonyl (C=O) groups is 8. The molecule has 3 fully saturated rings. The van der Waals surface area contributed by atoms with E-state index in [9.17, 15) is 61.2 Å². The van der Waals surface area contributed by atoms with Crippen LogP contribution in [0.5, 0.6) is 0 Å². The molecule has 0 saturated carbocycles. The van der Waals surface area contributed by atoms with Gasteiger partial charge < -0.3 is 43.4 Å². The number of carbonyl (C=O) groups excluding carboxylic acids is 8. The molecule has 8 amide bonds. The minimum Gasteiger partial charge on any atom is -0.369 e. The summed E-state index contributed by atoms with van der Waals surface area (Å²) in [7, 11) is 4.65. The number of nitriles is 1. The van der Waals surface area contributed by atoms with Crippen LogP contribution in [0, 0.1) is 34.6 Å². The summed E-state index contributed by atoms with van der Waals surface area (Å²) < 4.78 is 58.7. The summed E-state index contributed by atoms with van der Waals surface area (Å²) in [6.07, 6.45) is 7.86. The van der Waals surface area contributed by atoms with Gasteiger partial charge in [0.2, 0.25) is 47.3 Å². The maximum Gasteiger partial charge on any atom is 0.267 e. The first-order valence-corrected chi connectivity index (χ1v) is 51.6. The van der Waals surface area contributed by atoms with Crippen molar-refractivity contribution in [1.29, 1.82) is 5.26 Å². The number of benzene rings is 10. The van der Waals surface area contributed by atoms with E-state index in [1.807, 2.05) is 146 Å². The number of rotatable bonds is 16. The van der Waals surface area contributed by atoms with E-state index in [-0.39, 0.29) is 94.2 Å². The summed E-state index contributed by atoms with van der Waals surface area (Å²) in [6.45, 7) is 9.54. The zero-order valence-electron chi connectivity index (χ0n) is 81.9. The molecule has 10 N–H and O–H groups in total. The van der Waals surface area contributed by atoms with Crippen LogP contribution >= 0.6 is 49.9 Å². The summed E-state index contributed by atoms with van der Waals surface area (Å²) in [5.74, 6) is -5.42. The third-order valence-electron chi connectivity index (χ3n) is 28.9. The standard InChI is InChI=1S/C27H25N5O2S.C24H20BrN3O.2C22H22F2N4O2.C17H16N4OS2/c1-27(22-14-20(16-35-22)19-6-3-5-17(13-19)15-28)24(25(34)31(2)26(29)30-27)18-8-10-21(11-9-18)32-12-4-7-23(32)33;25-19-12-13-20-16(15-19)11-14-21(20)28-22(29)24(27-23(28)26,17-7-3-1-4-8-17)18-9-5-2-6-10-18;2*1-22(16-10-7-14(23)12-17(16)24)19(20(30)27(2)21(25)26-22)13-5-8-15(9-6-13)28-11-3-4-18(28)29;1-17(12-2-3-13-11(8-12)4-6-23-13)9-15(22)21(16(18)20-17)10-14-19-5-7-24-14/h3,5-6,8-11,13-14,16,24H,4,7,12H2,1-2H3,(H2,29,30);1-10,12-13,15,21H,11,14H2,(H2,26,27);2*5-10,12,19H,3-4,11H2,1-2H3,(H2,25,26);2-8H,9-10H2,1H3,(H2,18,20)/t24?,27-;;19-,22+;19-,22-;17-/m1.010/s1. The highest BCUT2D eigenvalue weighted by atomic mass is 79.9. The van der Waals surface area contributed by atoms with Gasteiger partial charge in [0.1, 0.15) is 44.9 Å². The van der Waals surface area contributed by atoms with Gasteiger partial charge in [0, 0.05) is 126 Å². The van der Waals surface area contributed by atoms with Crippen LogP contribution in [0.3, 0.4) is 0 Å². The molecule has 3 saturated heterocycles. The van der Waals surface area contributed by atoms with Crippen molar-refractivity contribution in [2.24, 2.45) is 53.6 Å². The quantitative estimate of drug-likeness (QED) is 0.0561. The summed E-state index contributed by atoms with van der Waals surface area (Å²) in [5.41, 5.74) is 37.3. The molecule has 8 atom stereocenters. The first kappa shape index (κ1) is 102. The fraction of sp³-hybridized carbons (Fsp3) is 0.259. The first-order chi connectivity index (χ1) is 70.9. The van der Waals surface area contributed by atoms with Crippen LogP contribution in [-0.2, 0) is 79.0 Å². The number of hydrogen-bond donors (Lipinski definition) is 5. The number of aromatic nitrogens is 1. The van der Waals surface area contributed by atoms with Crippen molar-refractivity contribution in [2.45, 2.75) is 144 Å². The van der Waals surface area contributed by atoms with E-state index in [1.54, 1.807) is 113 Å². The van der Waals surface area contributed by atoms with Gasteiger partial charge in [-0.1, -0.05) is 149 Å². The third-order valence-corrected chi connectivity index (χ3v) is 32.2. The Hall–Kier alpha value is -15.7. The van der Waals surface area contributed by atoms with Crippen LogP contribution in [0.15, 0.2) is 294 Å². The summed E-state index contributed by atoms with van der Waals surface area (Å²) in [4.78, 5) is 143. The Morgan fingerprint density at radius 1 is 0.453 bits per heavy atom. The number of halogens is 5. The molecule has 3 aromatic heterocycles. The second-order valence-electron chi connectivity index (χ2n) is 38.2. The molecular formula is C112H105BrF4N20O8S3. The number of likely N-dealkylation sites (N-methyl/N-ethyl adjacent to an activating group) is 3. The Kier molecular flexibility index (Phi) is 28.8. The van der Waals surface area contributed by atoms with Gasteiger partial charge in [-0.05, 0) is 229 Å². The first-order valence-electron chi connectivity index (χ1n) is 48.1. The molecule has 8 aliphatic heterocycles. The van der Waals surface area contributed by atoms with Crippen LogP contribution in [0.4, 0.5) is 34.6 Å². The zero-order chi connectivity index (χ0) is 105. The van der Waals surface area contributed by atoms with Crippen molar-refractivity contribution in [3.05, 3.63) is 364 Å². The van der Waals surface area contributed by atoms with E-state index in [0.29, 0.717) is 68.6 Å². The lowest BCUT2D eigenvalue weighted by Gasteiger charge is -2.41. The Labute approximate surface area is 872 Å². The van der Waals surface area contributed by atoms with Crippen LogP contribution in [0.25, 0.3) is 21.2 Å². The summed E-state index contributed by atoms with van der Waals surface area (Å²) in [6, 6.07) is 73.6. The van der Waals surface area contributed by atoms with E-state index in [1.165, 1.54) is 84.2 Å². The molecule has 0 radical (unpaired) electrons. The molecule has 22 rings (SSSR count). The molecule has 9 aliphatic rings. The molecule has 0 spiro atoms. The molecule has 28 nitrogen and oxygen atoms in total. The van der Waals surface area contributed by atoms with Gasteiger partial charge in [0.25, 0.3) is 5.91 Å². The fourth-order valence-corrected chi connectivity index (χ4v) is 23.8. The highest BCUT2D eigenvalue weighted by Crippen LogP contribution is 2.52. The summed E-state index contributed by atoms with van der Waals surface area (Å²) in [5, 5.41) is 17.3. The normalized spacial score (nSPS) is 22.5. The molecule has 13 aromatic rings. The molecule has 36 heteroatoms. The van der Waals surface area contributed by atoms with E-state index in [0.717, 1.165) is 127 Å². The highest BCUT2D eigenvalue weighted by Gasteiger charge is 2.56. The Bertz CT molecular complexity index is 7390. The predicted octanol–water partition coefficient (Wildman–Crippen LogP) is 17.8. The number of hydrogen-bond acceptors (Lipinski definition) is 23. The van der Waals surface area contributed by atoms with Gasteiger partial charge in [-0.25, -0.2) is 47.5 Å². The van der Waals surface area contributed by atoms with Gasteiger partial charge in [0.05, 0.1) is 53.9 Å². The minimum atomic E-state index is -1.36. The van der Waals surface area contributed by atoms with Gasteiger partial charge in [-0.3, -0.25) is 62.9 Å². The molecular weight excluding hydrogens is 2010 g/mol. The molecule has 2 unspecified atom stereocenters. The second-order valence-corrected chi connectivity index (χ2v) is 41.9. The molecule has 11 heterocycles. The second kappa shape index (κ2) is 41.7. The van der Waals surface area contributed by atoms with Crippen molar-refractivity contribution in [2.75, 3.05) is 55.5 Å². The van der Waals surface area contributed by atoms with Crippen molar-refractivity contribution in [3.63, 3.8) is 0 Å².